The maximum atomic E-state index is 5.30. The third-order valence-electron chi connectivity index (χ3n) is 3.86. The summed E-state index contributed by atoms with van der Waals surface area (Å²) in [5.41, 5.74) is 0.491. The number of piperidine rings is 1. The van der Waals surface area contributed by atoms with Crippen LogP contribution < -0.4 is 0 Å². The van der Waals surface area contributed by atoms with Gasteiger partial charge < -0.3 is 4.74 Å². The highest BCUT2D eigenvalue weighted by Crippen LogP contribution is 2.44. The molecule has 3 rings (SSSR count). The predicted octanol–water partition coefficient (Wildman–Crippen LogP) is 1.51. The first kappa shape index (κ1) is 8.25. The summed E-state index contributed by atoms with van der Waals surface area (Å²) in [7, 11) is 0. The number of ether oxygens (including phenoxy) is 1. The Hall–Kier alpha value is -0.0800. The molecule has 0 bridgehead atoms. The Morgan fingerprint density at radius 2 is 2.31 bits per heavy atom. The monoisotopic (exact) mass is 181 g/mol. The third kappa shape index (κ3) is 1.40. The van der Waals surface area contributed by atoms with E-state index in [4.69, 9.17) is 4.74 Å². The number of rotatable bonds is 2. The molecule has 3 aliphatic rings. The average molecular weight is 181 g/mol. The molecule has 2 nitrogen and oxygen atoms in total. The summed E-state index contributed by atoms with van der Waals surface area (Å²) in [6.45, 7) is 6.97. The Bertz CT molecular complexity index is 212. The molecular weight excluding hydrogens is 162 g/mol. The second kappa shape index (κ2) is 2.71. The van der Waals surface area contributed by atoms with Crippen LogP contribution in [0.2, 0.25) is 0 Å². The van der Waals surface area contributed by atoms with Crippen molar-refractivity contribution in [2.24, 2.45) is 11.3 Å². The zero-order valence-electron chi connectivity index (χ0n) is 8.46. The van der Waals surface area contributed by atoms with Crippen LogP contribution in [-0.2, 0) is 4.74 Å². The molecule has 1 saturated carbocycles. The van der Waals surface area contributed by atoms with Gasteiger partial charge in [-0.25, -0.2) is 0 Å². The van der Waals surface area contributed by atoms with Gasteiger partial charge in [-0.15, -0.1) is 0 Å². The van der Waals surface area contributed by atoms with Gasteiger partial charge in [-0.3, -0.25) is 4.90 Å². The van der Waals surface area contributed by atoms with Crippen molar-refractivity contribution in [2.45, 2.75) is 32.2 Å². The van der Waals surface area contributed by atoms with Crippen molar-refractivity contribution in [3.8, 4) is 0 Å². The molecule has 0 spiro atoms. The number of hydrogen-bond donors (Lipinski definition) is 0. The predicted molar refractivity (Wildman–Crippen MR) is 51.6 cm³/mol. The van der Waals surface area contributed by atoms with Gasteiger partial charge in [0.25, 0.3) is 0 Å². The van der Waals surface area contributed by atoms with Crippen molar-refractivity contribution in [2.75, 3.05) is 26.3 Å². The van der Waals surface area contributed by atoms with Crippen LogP contribution in [0.25, 0.3) is 0 Å². The molecule has 2 atom stereocenters. The van der Waals surface area contributed by atoms with Crippen molar-refractivity contribution < 1.29 is 4.74 Å². The molecule has 0 aromatic rings. The Kier molecular flexibility index (Phi) is 1.72. The summed E-state index contributed by atoms with van der Waals surface area (Å²) >= 11 is 0. The zero-order valence-corrected chi connectivity index (χ0v) is 8.46. The number of likely N-dealkylation sites (tertiary alicyclic amines) is 1. The van der Waals surface area contributed by atoms with Gasteiger partial charge in [-0.1, -0.05) is 6.92 Å². The summed E-state index contributed by atoms with van der Waals surface area (Å²) < 4.78 is 5.30. The van der Waals surface area contributed by atoms with Gasteiger partial charge >= 0.3 is 0 Å². The maximum Gasteiger partial charge on any atom is 0.0554 e. The van der Waals surface area contributed by atoms with E-state index in [0.717, 1.165) is 25.2 Å². The van der Waals surface area contributed by atoms with Crippen molar-refractivity contribution in [3.05, 3.63) is 0 Å². The highest BCUT2D eigenvalue weighted by atomic mass is 16.5. The van der Waals surface area contributed by atoms with Crippen molar-refractivity contribution in [3.63, 3.8) is 0 Å². The quantitative estimate of drug-likeness (QED) is 0.640. The van der Waals surface area contributed by atoms with Gasteiger partial charge in [0.05, 0.1) is 13.2 Å². The average Bonchev–Trinajstić information content (AvgIpc) is 2.81. The van der Waals surface area contributed by atoms with Crippen LogP contribution in [0, 0.1) is 11.3 Å². The molecule has 3 fully saturated rings. The highest BCUT2D eigenvalue weighted by molar-refractivity contribution is 5.00. The van der Waals surface area contributed by atoms with Crippen LogP contribution in [0.5, 0.6) is 0 Å². The van der Waals surface area contributed by atoms with Crippen LogP contribution >= 0.6 is 0 Å². The molecule has 2 heteroatoms. The van der Waals surface area contributed by atoms with E-state index in [0.29, 0.717) is 5.41 Å². The van der Waals surface area contributed by atoms with E-state index >= 15 is 0 Å². The summed E-state index contributed by atoms with van der Waals surface area (Å²) in [6.07, 6.45) is 4.41. The van der Waals surface area contributed by atoms with E-state index < -0.39 is 0 Å². The first-order valence-corrected chi connectivity index (χ1v) is 5.59. The fourth-order valence-electron chi connectivity index (χ4n) is 2.94. The SMILES string of the molecule is CC1(CN2CCC[C@@H]3C[C@@H]32)COC1. The molecule has 0 N–H and O–H groups in total. The summed E-state index contributed by atoms with van der Waals surface area (Å²) in [5, 5.41) is 0. The van der Waals surface area contributed by atoms with Crippen LogP contribution in [-0.4, -0.2) is 37.2 Å². The van der Waals surface area contributed by atoms with Gasteiger partial charge in [0.15, 0.2) is 0 Å². The highest BCUT2D eigenvalue weighted by Gasteiger charge is 2.46. The molecule has 13 heavy (non-hydrogen) atoms. The Morgan fingerprint density at radius 1 is 1.46 bits per heavy atom. The van der Waals surface area contributed by atoms with E-state index in [1.807, 2.05) is 0 Å². The number of fused-ring (bicyclic) bond motifs is 1. The molecule has 0 radical (unpaired) electrons. The van der Waals surface area contributed by atoms with Gasteiger partial charge in [-0.2, -0.15) is 0 Å². The minimum atomic E-state index is 0.491. The smallest absolute Gasteiger partial charge is 0.0554 e. The lowest BCUT2D eigenvalue weighted by Gasteiger charge is -2.43. The van der Waals surface area contributed by atoms with E-state index in [-0.39, 0.29) is 0 Å². The fourth-order valence-corrected chi connectivity index (χ4v) is 2.94. The van der Waals surface area contributed by atoms with E-state index in [1.165, 1.54) is 32.4 Å². The lowest BCUT2D eigenvalue weighted by atomic mass is 9.87. The largest absolute Gasteiger partial charge is 0.380 e. The van der Waals surface area contributed by atoms with Gasteiger partial charge in [-0.05, 0) is 31.7 Å². The number of hydrogen-bond acceptors (Lipinski definition) is 2. The van der Waals surface area contributed by atoms with Crippen LogP contribution in [0.15, 0.2) is 0 Å². The molecule has 0 amide bonds. The van der Waals surface area contributed by atoms with Crippen molar-refractivity contribution in [1.29, 1.82) is 0 Å². The molecule has 1 aliphatic carbocycles. The molecule has 2 aliphatic heterocycles. The Morgan fingerprint density at radius 3 is 3.00 bits per heavy atom. The van der Waals surface area contributed by atoms with E-state index in [9.17, 15) is 0 Å². The van der Waals surface area contributed by atoms with Crippen LogP contribution in [0.3, 0.4) is 0 Å². The van der Waals surface area contributed by atoms with Gasteiger partial charge in [0, 0.05) is 18.0 Å². The molecule has 2 heterocycles. The zero-order chi connectivity index (χ0) is 8.89. The van der Waals surface area contributed by atoms with Crippen molar-refractivity contribution in [1.82, 2.24) is 4.90 Å². The minimum Gasteiger partial charge on any atom is -0.380 e. The van der Waals surface area contributed by atoms with Crippen molar-refractivity contribution >= 4 is 0 Å². The third-order valence-corrected chi connectivity index (χ3v) is 3.86. The summed E-state index contributed by atoms with van der Waals surface area (Å²) in [5.74, 6) is 1.07. The molecule has 0 unspecified atom stereocenters. The molecule has 0 aromatic carbocycles. The number of nitrogens with zero attached hydrogens (tertiary/aromatic N) is 1. The molecule has 0 aromatic heterocycles. The second-order valence-corrected chi connectivity index (χ2v) is 5.48. The second-order valence-electron chi connectivity index (χ2n) is 5.48. The normalized spacial score (nSPS) is 42.2. The molecule has 74 valence electrons. The maximum absolute atomic E-state index is 5.30. The minimum absolute atomic E-state index is 0.491. The van der Waals surface area contributed by atoms with Gasteiger partial charge in [0.1, 0.15) is 0 Å². The fraction of sp³-hybridized carbons (Fsp3) is 1.00. The molecule has 2 saturated heterocycles. The van der Waals surface area contributed by atoms with Crippen LogP contribution in [0.1, 0.15) is 26.2 Å². The van der Waals surface area contributed by atoms with E-state index in [2.05, 4.69) is 11.8 Å². The summed E-state index contributed by atoms with van der Waals surface area (Å²) in [6, 6.07) is 0.964. The van der Waals surface area contributed by atoms with E-state index in [1.54, 1.807) is 0 Å². The lowest BCUT2D eigenvalue weighted by molar-refractivity contribution is -0.117. The van der Waals surface area contributed by atoms with Crippen LogP contribution in [0.4, 0.5) is 0 Å². The topological polar surface area (TPSA) is 12.5 Å². The Balaban J connectivity index is 1.59. The first-order valence-electron chi connectivity index (χ1n) is 5.59. The Labute approximate surface area is 80.2 Å². The first-order chi connectivity index (χ1) is 6.27. The molecular formula is C11H19NO. The summed E-state index contributed by atoms with van der Waals surface area (Å²) in [4.78, 5) is 2.72. The van der Waals surface area contributed by atoms with Gasteiger partial charge in [0.2, 0.25) is 0 Å². The lowest BCUT2D eigenvalue weighted by Crippen LogP contribution is -2.50. The standard InChI is InChI=1S/C11H19NO/c1-11(7-13-8-11)6-12-4-2-3-9-5-10(9)12/h9-10H,2-8H2,1H3/t9-,10+/m1/s1.